The van der Waals surface area contributed by atoms with Crippen molar-refractivity contribution in [3.05, 3.63) is 64.7 Å². The van der Waals surface area contributed by atoms with Crippen molar-refractivity contribution in [3.63, 3.8) is 0 Å². The molecule has 0 atom stereocenters. The van der Waals surface area contributed by atoms with Crippen LogP contribution >= 0.6 is 0 Å². The van der Waals surface area contributed by atoms with Crippen molar-refractivity contribution in [2.75, 3.05) is 26.5 Å². The molecular weight excluding hydrogens is 364 g/mol. The van der Waals surface area contributed by atoms with E-state index in [4.69, 9.17) is 4.74 Å². The minimum Gasteiger partial charge on any atom is -0.497 e. The molecule has 6 nitrogen and oxygen atoms in total. The van der Waals surface area contributed by atoms with Gasteiger partial charge in [-0.3, -0.25) is 4.79 Å². The Bertz CT molecular complexity index is 893. The molecule has 27 heavy (non-hydrogen) atoms. The van der Waals surface area contributed by atoms with Crippen molar-refractivity contribution in [3.8, 4) is 5.75 Å². The molecule has 0 saturated heterocycles. The number of benzene rings is 2. The Morgan fingerprint density at radius 1 is 1.07 bits per heavy atom. The lowest BCUT2D eigenvalue weighted by Gasteiger charge is -2.20. The van der Waals surface area contributed by atoms with Crippen molar-refractivity contribution in [1.29, 1.82) is 0 Å². The second kappa shape index (κ2) is 9.01. The van der Waals surface area contributed by atoms with Gasteiger partial charge in [-0.1, -0.05) is 18.2 Å². The van der Waals surface area contributed by atoms with Gasteiger partial charge in [-0.2, -0.15) is 4.31 Å². The molecule has 2 aromatic carbocycles. The normalized spacial score (nSPS) is 11.4. The van der Waals surface area contributed by atoms with Crippen LogP contribution in [0.5, 0.6) is 5.75 Å². The Kier molecular flexibility index (Phi) is 6.98. The number of hydrogen-bond acceptors (Lipinski definition) is 4. The second-order valence-electron chi connectivity index (χ2n) is 6.50. The van der Waals surface area contributed by atoms with E-state index in [1.54, 1.807) is 25.3 Å². The summed E-state index contributed by atoms with van der Waals surface area (Å²) in [6, 6.07) is 12.7. The van der Waals surface area contributed by atoms with Crippen LogP contribution in [0.2, 0.25) is 0 Å². The van der Waals surface area contributed by atoms with Crippen LogP contribution in [0.4, 0.5) is 0 Å². The second-order valence-corrected chi connectivity index (χ2v) is 8.48. The summed E-state index contributed by atoms with van der Waals surface area (Å²) in [6.45, 7) is 4.60. The van der Waals surface area contributed by atoms with Gasteiger partial charge in [-0.15, -0.1) is 0 Å². The van der Waals surface area contributed by atoms with E-state index in [0.717, 1.165) is 16.7 Å². The minimum absolute atomic E-state index is 0.196. The topological polar surface area (TPSA) is 75.7 Å². The highest BCUT2D eigenvalue weighted by Gasteiger charge is 2.17. The molecule has 0 aliphatic rings. The van der Waals surface area contributed by atoms with Crippen LogP contribution in [0.25, 0.3) is 0 Å². The van der Waals surface area contributed by atoms with Crippen molar-refractivity contribution in [1.82, 2.24) is 9.62 Å². The zero-order valence-corrected chi connectivity index (χ0v) is 17.0. The molecule has 0 saturated carbocycles. The Labute approximate surface area is 161 Å². The molecule has 1 amide bonds. The molecule has 0 radical (unpaired) electrons. The Morgan fingerprint density at radius 3 is 2.30 bits per heavy atom. The van der Waals surface area contributed by atoms with Crippen molar-refractivity contribution >= 4 is 15.9 Å². The number of sulfonamides is 1. The quantitative estimate of drug-likeness (QED) is 0.751. The zero-order valence-electron chi connectivity index (χ0n) is 16.2. The summed E-state index contributed by atoms with van der Waals surface area (Å²) >= 11 is 0. The number of nitrogens with zero attached hydrogens (tertiary/aromatic N) is 1. The highest BCUT2D eigenvalue weighted by Crippen LogP contribution is 2.14. The van der Waals surface area contributed by atoms with Crippen molar-refractivity contribution in [2.45, 2.75) is 20.4 Å². The molecule has 7 heteroatoms. The fourth-order valence-corrected chi connectivity index (χ4v) is 3.38. The van der Waals surface area contributed by atoms with Crippen LogP contribution in [0.1, 0.15) is 27.0 Å². The standard InChI is InChI=1S/C20H26N2O4S/c1-15-5-8-18(13-16(15)2)20(23)21-11-12-22(27(4,24)25)14-17-6-9-19(26-3)10-7-17/h5-10,13H,11-12,14H2,1-4H3,(H,21,23). The largest absolute Gasteiger partial charge is 0.497 e. The average molecular weight is 391 g/mol. The van der Waals surface area contributed by atoms with Gasteiger partial charge in [0, 0.05) is 25.2 Å². The third kappa shape index (κ3) is 6.08. The number of hydrogen-bond donors (Lipinski definition) is 1. The third-order valence-corrected chi connectivity index (χ3v) is 5.65. The first kappa shape index (κ1) is 20.9. The molecule has 146 valence electrons. The van der Waals surface area contributed by atoms with Gasteiger partial charge in [0.15, 0.2) is 0 Å². The van der Waals surface area contributed by atoms with Gasteiger partial charge in [-0.25, -0.2) is 8.42 Å². The number of nitrogens with one attached hydrogen (secondary N) is 1. The van der Waals surface area contributed by atoms with Crippen LogP contribution in [-0.4, -0.2) is 45.1 Å². The number of carbonyl (C=O) groups excluding carboxylic acids is 1. The molecule has 0 fully saturated rings. The summed E-state index contributed by atoms with van der Waals surface area (Å²) in [6.07, 6.45) is 1.17. The van der Waals surface area contributed by atoms with E-state index in [1.165, 1.54) is 10.6 Å². The molecule has 0 heterocycles. The Balaban J connectivity index is 1.97. The number of carbonyl (C=O) groups is 1. The summed E-state index contributed by atoms with van der Waals surface area (Å²) < 4.78 is 30.6. The van der Waals surface area contributed by atoms with Gasteiger partial charge in [0.05, 0.1) is 13.4 Å². The molecule has 0 aliphatic heterocycles. The number of methoxy groups -OCH3 is 1. The predicted molar refractivity (Wildman–Crippen MR) is 106 cm³/mol. The Morgan fingerprint density at radius 2 is 1.74 bits per heavy atom. The fraction of sp³-hybridized carbons (Fsp3) is 0.350. The smallest absolute Gasteiger partial charge is 0.251 e. The van der Waals surface area contributed by atoms with Crippen LogP contribution < -0.4 is 10.1 Å². The summed E-state index contributed by atoms with van der Waals surface area (Å²) in [5.74, 6) is 0.501. The monoisotopic (exact) mass is 390 g/mol. The number of ether oxygens (including phenoxy) is 1. The Hall–Kier alpha value is -2.38. The first-order chi connectivity index (χ1) is 12.7. The van der Waals surface area contributed by atoms with E-state index in [1.807, 2.05) is 38.1 Å². The van der Waals surface area contributed by atoms with E-state index in [0.29, 0.717) is 11.3 Å². The van der Waals surface area contributed by atoms with Crippen LogP contribution in [-0.2, 0) is 16.6 Å². The lowest BCUT2D eigenvalue weighted by atomic mass is 10.1. The number of aryl methyl sites for hydroxylation is 2. The molecule has 0 aromatic heterocycles. The molecule has 0 aliphatic carbocycles. The van der Waals surface area contributed by atoms with Crippen LogP contribution in [0.3, 0.4) is 0 Å². The highest BCUT2D eigenvalue weighted by atomic mass is 32.2. The van der Waals surface area contributed by atoms with E-state index in [9.17, 15) is 13.2 Å². The van der Waals surface area contributed by atoms with Crippen LogP contribution in [0.15, 0.2) is 42.5 Å². The SMILES string of the molecule is COc1ccc(CN(CCNC(=O)c2ccc(C)c(C)c2)S(C)(=O)=O)cc1. The fourth-order valence-electron chi connectivity index (χ4n) is 2.58. The number of amides is 1. The van der Waals surface area contributed by atoms with Gasteiger partial charge in [0.2, 0.25) is 10.0 Å². The maximum absolute atomic E-state index is 12.3. The summed E-state index contributed by atoms with van der Waals surface area (Å²) in [7, 11) is -1.82. The maximum atomic E-state index is 12.3. The zero-order chi connectivity index (χ0) is 20.0. The highest BCUT2D eigenvalue weighted by molar-refractivity contribution is 7.88. The van der Waals surface area contributed by atoms with Gasteiger partial charge < -0.3 is 10.1 Å². The first-order valence-electron chi connectivity index (χ1n) is 8.64. The van der Waals surface area contributed by atoms with Crippen LogP contribution in [0, 0.1) is 13.8 Å². The lowest BCUT2D eigenvalue weighted by Crippen LogP contribution is -2.37. The lowest BCUT2D eigenvalue weighted by molar-refractivity contribution is 0.0951. The third-order valence-electron chi connectivity index (χ3n) is 4.40. The predicted octanol–water partition coefficient (Wildman–Crippen LogP) is 2.50. The first-order valence-corrected chi connectivity index (χ1v) is 10.5. The van der Waals surface area contributed by atoms with E-state index < -0.39 is 10.0 Å². The molecule has 2 rings (SSSR count). The minimum atomic E-state index is -3.40. The molecular formula is C20H26N2O4S. The molecule has 0 spiro atoms. The van der Waals surface area contributed by atoms with E-state index >= 15 is 0 Å². The molecule has 0 bridgehead atoms. The van der Waals surface area contributed by atoms with Crippen molar-refractivity contribution in [2.24, 2.45) is 0 Å². The molecule has 0 unspecified atom stereocenters. The maximum Gasteiger partial charge on any atom is 0.251 e. The van der Waals surface area contributed by atoms with Crippen molar-refractivity contribution < 1.29 is 17.9 Å². The summed E-state index contributed by atoms with van der Waals surface area (Å²) in [5, 5.41) is 2.79. The van der Waals surface area contributed by atoms with E-state index in [2.05, 4.69) is 5.32 Å². The molecule has 1 N–H and O–H groups in total. The van der Waals surface area contributed by atoms with Gasteiger partial charge in [0.1, 0.15) is 5.75 Å². The molecule has 2 aromatic rings. The van der Waals surface area contributed by atoms with Gasteiger partial charge >= 0.3 is 0 Å². The number of rotatable bonds is 8. The summed E-state index contributed by atoms with van der Waals surface area (Å²) in [4.78, 5) is 12.3. The van der Waals surface area contributed by atoms with Gasteiger partial charge in [-0.05, 0) is 54.8 Å². The van der Waals surface area contributed by atoms with E-state index in [-0.39, 0.29) is 25.5 Å². The summed E-state index contributed by atoms with van der Waals surface area (Å²) in [5.41, 5.74) is 3.58. The van der Waals surface area contributed by atoms with Gasteiger partial charge in [0.25, 0.3) is 5.91 Å². The average Bonchev–Trinajstić information content (AvgIpc) is 2.62.